The molecular formula is C9H8ClFN2OS. The molecule has 1 aromatic rings. The predicted molar refractivity (Wildman–Crippen MR) is 61.3 cm³/mol. The van der Waals surface area contributed by atoms with Gasteiger partial charge in [0.2, 0.25) is 5.91 Å². The van der Waals surface area contributed by atoms with Gasteiger partial charge >= 0.3 is 0 Å². The van der Waals surface area contributed by atoms with Crippen molar-refractivity contribution < 1.29 is 9.18 Å². The lowest BCUT2D eigenvalue weighted by Gasteiger charge is -1.97. The zero-order valence-corrected chi connectivity index (χ0v) is 9.20. The highest BCUT2D eigenvalue weighted by Crippen LogP contribution is 2.20. The molecule has 0 unspecified atom stereocenters. The molecule has 80 valence electrons. The summed E-state index contributed by atoms with van der Waals surface area (Å²) in [6.07, 6.45) is 0. The lowest BCUT2D eigenvalue weighted by Crippen LogP contribution is -2.19. The van der Waals surface area contributed by atoms with Gasteiger partial charge in [-0.2, -0.15) is 0 Å². The number of hydrogen-bond acceptors (Lipinski definition) is 3. The van der Waals surface area contributed by atoms with E-state index in [4.69, 9.17) is 0 Å². The van der Waals surface area contributed by atoms with E-state index in [0.717, 1.165) is 0 Å². The summed E-state index contributed by atoms with van der Waals surface area (Å²) in [5, 5.41) is 3.00. The van der Waals surface area contributed by atoms with E-state index in [1.54, 1.807) is 18.2 Å². The van der Waals surface area contributed by atoms with Crippen molar-refractivity contribution in [3.63, 3.8) is 0 Å². The summed E-state index contributed by atoms with van der Waals surface area (Å²) in [7, 11) is 0. The Balaban J connectivity index is 0.00000112. The highest BCUT2D eigenvalue weighted by molar-refractivity contribution is 8.15. The van der Waals surface area contributed by atoms with Crippen LogP contribution in [0.2, 0.25) is 0 Å². The van der Waals surface area contributed by atoms with E-state index in [-0.39, 0.29) is 29.8 Å². The van der Waals surface area contributed by atoms with Crippen molar-refractivity contribution in [2.45, 2.75) is 0 Å². The Morgan fingerprint density at radius 3 is 2.73 bits per heavy atom. The molecule has 1 saturated heterocycles. The van der Waals surface area contributed by atoms with Gasteiger partial charge in [0.25, 0.3) is 0 Å². The Morgan fingerprint density at radius 1 is 1.40 bits per heavy atom. The number of thioether (sulfide) groups is 1. The monoisotopic (exact) mass is 246 g/mol. The summed E-state index contributed by atoms with van der Waals surface area (Å²) >= 11 is 1.28. The molecule has 0 saturated carbocycles. The molecule has 6 heteroatoms. The standard InChI is InChI=1S/C9H7FN2OS.ClH/c10-6-3-1-2-4-7(6)11-9-12-8(13)5-14-9;/h1-4H,5H2,(H,11,12,13);1H. The van der Waals surface area contributed by atoms with Gasteiger partial charge in [-0.25, -0.2) is 9.38 Å². The van der Waals surface area contributed by atoms with E-state index in [9.17, 15) is 9.18 Å². The third kappa shape index (κ3) is 2.94. The number of nitrogens with one attached hydrogen (secondary N) is 1. The van der Waals surface area contributed by atoms with Crippen molar-refractivity contribution in [1.29, 1.82) is 0 Å². The molecule has 1 aromatic carbocycles. The third-order valence-electron chi connectivity index (χ3n) is 1.66. The average molecular weight is 247 g/mol. The number of carbonyl (C=O) groups excluding carboxylic acids is 1. The zero-order valence-electron chi connectivity index (χ0n) is 7.57. The number of halogens is 2. The molecule has 0 aliphatic carbocycles. The second-order valence-electron chi connectivity index (χ2n) is 2.71. The summed E-state index contributed by atoms with van der Waals surface area (Å²) < 4.78 is 13.1. The number of hydrogen-bond donors (Lipinski definition) is 1. The summed E-state index contributed by atoms with van der Waals surface area (Å²) in [6.45, 7) is 0. The van der Waals surface area contributed by atoms with Gasteiger partial charge in [-0.1, -0.05) is 23.9 Å². The number of benzene rings is 1. The Morgan fingerprint density at radius 2 is 2.13 bits per heavy atom. The molecule has 0 atom stereocenters. The maximum absolute atomic E-state index is 13.1. The van der Waals surface area contributed by atoms with Gasteiger partial charge < -0.3 is 5.32 Å². The lowest BCUT2D eigenvalue weighted by atomic mass is 10.3. The van der Waals surface area contributed by atoms with Crippen LogP contribution >= 0.6 is 24.2 Å². The molecule has 1 fully saturated rings. The summed E-state index contributed by atoms with van der Waals surface area (Å²) in [5.74, 6) is -0.125. The number of nitrogens with zero attached hydrogens (tertiary/aromatic N) is 1. The second-order valence-corrected chi connectivity index (χ2v) is 3.67. The summed E-state index contributed by atoms with van der Waals surface area (Å²) in [5.41, 5.74) is 0.247. The molecule has 0 aromatic heterocycles. The van der Waals surface area contributed by atoms with Crippen molar-refractivity contribution in [3.05, 3.63) is 30.1 Å². The maximum Gasteiger partial charge on any atom is 0.236 e. The number of para-hydroxylation sites is 1. The zero-order chi connectivity index (χ0) is 9.97. The largest absolute Gasteiger partial charge is 0.304 e. The smallest absolute Gasteiger partial charge is 0.236 e. The Bertz CT molecular complexity index is 411. The number of rotatable bonds is 1. The summed E-state index contributed by atoms with van der Waals surface area (Å²) in [4.78, 5) is 14.8. The van der Waals surface area contributed by atoms with Crippen LogP contribution in [0.3, 0.4) is 0 Å². The first kappa shape index (κ1) is 12.0. The van der Waals surface area contributed by atoms with Gasteiger partial charge in [-0.05, 0) is 12.1 Å². The van der Waals surface area contributed by atoms with Gasteiger partial charge in [0.1, 0.15) is 11.5 Å². The van der Waals surface area contributed by atoms with Crippen LogP contribution in [0.5, 0.6) is 0 Å². The van der Waals surface area contributed by atoms with Gasteiger partial charge in [-0.3, -0.25) is 4.79 Å². The third-order valence-corrected chi connectivity index (χ3v) is 2.53. The van der Waals surface area contributed by atoms with Crippen LogP contribution in [0.15, 0.2) is 29.3 Å². The molecule has 0 radical (unpaired) electrons. The van der Waals surface area contributed by atoms with Crippen LogP contribution < -0.4 is 5.32 Å². The van der Waals surface area contributed by atoms with Crippen LogP contribution in [-0.4, -0.2) is 16.8 Å². The number of aliphatic imine (C=N–C) groups is 1. The minimum atomic E-state index is -0.387. The number of amides is 1. The molecule has 2 rings (SSSR count). The second kappa shape index (κ2) is 5.14. The molecular weight excluding hydrogens is 239 g/mol. The Hall–Kier alpha value is -1.07. The lowest BCUT2D eigenvalue weighted by molar-refractivity contribution is -0.116. The van der Waals surface area contributed by atoms with Crippen molar-refractivity contribution in [2.75, 3.05) is 5.75 Å². The van der Waals surface area contributed by atoms with E-state index < -0.39 is 0 Å². The van der Waals surface area contributed by atoms with E-state index in [2.05, 4.69) is 10.3 Å². The molecule has 1 amide bonds. The number of amidine groups is 1. The molecule has 3 nitrogen and oxygen atoms in total. The van der Waals surface area contributed by atoms with Crippen molar-refractivity contribution in [3.8, 4) is 0 Å². The molecule has 0 spiro atoms. The minimum absolute atomic E-state index is 0. The van der Waals surface area contributed by atoms with E-state index in [0.29, 0.717) is 10.9 Å². The SMILES string of the molecule is Cl.O=C1CSC(=Nc2ccccc2F)N1. The van der Waals surface area contributed by atoms with Gasteiger partial charge in [0, 0.05) is 0 Å². The molecule has 0 bridgehead atoms. The van der Waals surface area contributed by atoms with E-state index >= 15 is 0 Å². The molecule has 15 heavy (non-hydrogen) atoms. The first-order chi connectivity index (χ1) is 6.75. The van der Waals surface area contributed by atoms with Crippen molar-refractivity contribution in [1.82, 2.24) is 5.32 Å². The van der Waals surface area contributed by atoms with Gasteiger partial charge in [0.15, 0.2) is 5.17 Å². The Kier molecular flexibility index (Phi) is 4.11. The maximum atomic E-state index is 13.1. The molecule has 1 N–H and O–H groups in total. The minimum Gasteiger partial charge on any atom is -0.304 e. The first-order valence-electron chi connectivity index (χ1n) is 4.01. The predicted octanol–water partition coefficient (Wildman–Crippen LogP) is 2.10. The van der Waals surface area contributed by atoms with E-state index in [1.165, 1.54) is 17.8 Å². The molecule has 1 aliphatic heterocycles. The highest BCUT2D eigenvalue weighted by Gasteiger charge is 2.16. The first-order valence-corrected chi connectivity index (χ1v) is 5.00. The quantitative estimate of drug-likeness (QED) is 0.825. The van der Waals surface area contributed by atoms with Gasteiger partial charge in [0.05, 0.1) is 5.75 Å². The topological polar surface area (TPSA) is 41.5 Å². The van der Waals surface area contributed by atoms with Crippen molar-refractivity contribution >= 4 is 40.9 Å². The molecule has 1 heterocycles. The number of carbonyl (C=O) groups is 1. The highest BCUT2D eigenvalue weighted by atomic mass is 35.5. The van der Waals surface area contributed by atoms with Crippen LogP contribution in [0.1, 0.15) is 0 Å². The van der Waals surface area contributed by atoms with Crippen LogP contribution in [0.4, 0.5) is 10.1 Å². The fourth-order valence-electron chi connectivity index (χ4n) is 1.04. The average Bonchev–Trinajstić information content (AvgIpc) is 2.56. The Labute approximate surface area is 96.6 Å². The fraction of sp³-hybridized carbons (Fsp3) is 0.111. The van der Waals surface area contributed by atoms with Crippen LogP contribution in [0, 0.1) is 5.82 Å². The summed E-state index contributed by atoms with van der Waals surface area (Å²) in [6, 6.07) is 6.19. The van der Waals surface area contributed by atoms with E-state index in [1.807, 2.05) is 0 Å². The molecule has 1 aliphatic rings. The normalized spacial score (nSPS) is 17.4. The van der Waals surface area contributed by atoms with Crippen LogP contribution in [-0.2, 0) is 4.79 Å². The fourth-order valence-corrected chi connectivity index (χ4v) is 1.73. The van der Waals surface area contributed by atoms with Crippen molar-refractivity contribution in [2.24, 2.45) is 4.99 Å². The van der Waals surface area contributed by atoms with Crippen LogP contribution in [0.25, 0.3) is 0 Å². The van der Waals surface area contributed by atoms with Gasteiger partial charge in [-0.15, -0.1) is 12.4 Å².